The number of carbonyl (C=O) groups is 3. The van der Waals surface area contributed by atoms with Crippen LogP contribution in [0, 0.1) is 0 Å². The lowest BCUT2D eigenvalue weighted by atomic mass is 9.96. The lowest BCUT2D eigenvalue weighted by Crippen LogP contribution is -2.33. The van der Waals surface area contributed by atoms with Crippen molar-refractivity contribution in [1.82, 2.24) is 10.3 Å². The molecule has 3 aromatic rings. The van der Waals surface area contributed by atoms with E-state index in [9.17, 15) is 14.4 Å². The standard InChI is InChI=1S/C28H21N3O6S/c1-35-23-13-17(11-12-22(23)36-25(32)15-24-26(33)29-28(34)38-24)27-31-20(18-9-5-6-10-21(18)37-27)14-19(30-31)16-7-3-2-4-8-16/h2-13,15,20,27H,14H2,1H3,(H,29,33,34)/b24-15-/t20-,27+/m0/s1. The Morgan fingerprint density at radius 2 is 1.87 bits per heavy atom. The van der Waals surface area contributed by atoms with E-state index in [-0.39, 0.29) is 16.7 Å². The molecular formula is C28H21N3O6S. The molecule has 3 aliphatic heterocycles. The van der Waals surface area contributed by atoms with Crippen molar-refractivity contribution in [1.29, 1.82) is 0 Å². The van der Waals surface area contributed by atoms with Crippen LogP contribution in [0.1, 0.15) is 35.4 Å². The number of hydrazone groups is 1. The highest BCUT2D eigenvalue weighted by atomic mass is 32.2. The van der Waals surface area contributed by atoms with E-state index in [1.807, 2.05) is 53.5 Å². The number of carbonyl (C=O) groups excluding carboxylic acids is 3. The van der Waals surface area contributed by atoms with Gasteiger partial charge in [0.25, 0.3) is 11.1 Å². The van der Waals surface area contributed by atoms with Gasteiger partial charge in [-0.25, -0.2) is 9.80 Å². The van der Waals surface area contributed by atoms with Gasteiger partial charge in [-0.15, -0.1) is 0 Å². The smallest absolute Gasteiger partial charge is 0.337 e. The van der Waals surface area contributed by atoms with Gasteiger partial charge in [0.05, 0.1) is 23.8 Å². The Kier molecular flexibility index (Phi) is 6.09. The van der Waals surface area contributed by atoms with Gasteiger partial charge in [0.2, 0.25) is 6.23 Å². The first-order valence-electron chi connectivity index (χ1n) is 11.8. The van der Waals surface area contributed by atoms with Gasteiger partial charge in [-0.1, -0.05) is 48.5 Å². The fourth-order valence-corrected chi connectivity index (χ4v) is 5.29. The minimum absolute atomic E-state index is 0.00644. The molecule has 0 saturated carbocycles. The summed E-state index contributed by atoms with van der Waals surface area (Å²) in [5.41, 5.74) is 3.85. The van der Waals surface area contributed by atoms with Crippen LogP contribution in [0.25, 0.3) is 0 Å². The van der Waals surface area contributed by atoms with E-state index in [1.165, 1.54) is 7.11 Å². The van der Waals surface area contributed by atoms with Gasteiger partial charge in [-0.2, -0.15) is 5.10 Å². The number of amides is 2. The van der Waals surface area contributed by atoms with Crippen LogP contribution < -0.4 is 19.5 Å². The van der Waals surface area contributed by atoms with Gasteiger partial charge < -0.3 is 14.2 Å². The molecular weight excluding hydrogens is 506 g/mol. The molecule has 9 nitrogen and oxygen atoms in total. The number of hydrogen-bond acceptors (Lipinski definition) is 9. The van der Waals surface area contributed by atoms with Gasteiger partial charge in [0.15, 0.2) is 11.5 Å². The summed E-state index contributed by atoms with van der Waals surface area (Å²) in [6, 6.07) is 23.1. The van der Waals surface area contributed by atoms with E-state index in [4.69, 9.17) is 19.3 Å². The van der Waals surface area contributed by atoms with Crippen LogP contribution in [0.3, 0.4) is 0 Å². The zero-order valence-electron chi connectivity index (χ0n) is 20.1. The predicted octanol–water partition coefficient (Wildman–Crippen LogP) is 4.71. The lowest BCUT2D eigenvalue weighted by Gasteiger charge is -2.38. The van der Waals surface area contributed by atoms with Gasteiger partial charge >= 0.3 is 5.97 Å². The maximum atomic E-state index is 12.4. The molecule has 2 amide bonds. The van der Waals surface area contributed by atoms with Crippen LogP contribution in [-0.4, -0.2) is 34.9 Å². The van der Waals surface area contributed by atoms with E-state index in [2.05, 4.69) is 11.4 Å². The summed E-state index contributed by atoms with van der Waals surface area (Å²) in [6.45, 7) is 0. The largest absolute Gasteiger partial charge is 0.493 e. The van der Waals surface area contributed by atoms with Crippen molar-refractivity contribution in [3.63, 3.8) is 0 Å². The summed E-state index contributed by atoms with van der Waals surface area (Å²) >= 11 is 0.640. The maximum Gasteiger partial charge on any atom is 0.337 e. The Morgan fingerprint density at radius 1 is 1.08 bits per heavy atom. The Balaban J connectivity index is 1.31. The second-order valence-corrected chi connectivity index (χ2v) is 9.72. The molecule has 1 fully saturated rings. The zero-order chi connectivity index (χ0) is 26.2. The van der Waals surface area contributed by atoms with Crippen molar-refractivity contribution >= 4 is 34.6 Å². The van der Waals surface area contributed by atoms with Gasteiger partial charge in [0, 0.05) is 23.6 Å². The van der Waals surface area contributed by atoms with Crippen molar-refractivity contribution in [2.75, 3.05) is 7.11 Å². The van der Waals surface area contributed by atoms with Crippen molar-refractivity contribution in [3.05, 3.63) is 100 Å². The first kappa shape index (κ1) is 23.8. The Hall–Kier alpha value is -4.57. The lowest BCUT2D eigenvalue weighted by molar-refractivity contribution is -0.129. The van der Waals surface area contributed by atoms with E-state index in [0.717, 1.165) is 40.6 Å². The van der Waals surface area contributed by atoms with Crippen molar-refractivity contribution in [3.8, 4) is 17.2 Å². The highest BCUT2D eigenvalue weighted by Crippen LogP contribution is 2.48. The average Bonchev–Trinajstić information content (AvgIpc) is 3.52. The van der Waals surface area contributed by atoms with Crippen molar-refractivity contribution in [2.45, 2.75) is 18.7 Å². The number of para-hydroxylation sites is 1. The van der Waals surface area contributed by atoms with Crippen LogP contribution in [-0.2, 0) is 9.59 Å². The van der Waals surface area contributed by atoms with E-state index in [1.54, 1.807) is 18.2 Å². The van der Waals surface area contributed by atoms with E-state index < -0.39 is 23.3 Å². The number of esters is 1. The molecule has 3 aromatic carbocycles. The fourth-order valence-electron chi connectivity index (χ4n) is 4.65. The number of ether oxygens (including phenoxy) is 3. The number of imide groups is 1. The van der Waals surface area contributed by atoms with Crippen molar-refractivity contribution < 1.29 is 28.6 Å². The second kappa shape index (κ2) is 9.71. The molecule has 3 heterocycles. The maximum absolute atomic E-state index is 12.4. The van der Waals surface area contributed by atoms with Gasteiger partial charge in [-0.05, 0) is 41.6 Å². The monoisotopic (exact) mass is 527 g/mol. The van der Waals surface area contributed by atoms with E-state index in [0.29, 0.717) is 17.5 Å². The number of nitrogens with zero attached hydrogens (tertiary/aromatic N) is 2. The summed E-state index contributed by atoms with van der Waals surface area (Å²) < 4.78 is 17.3. The Bertz CT molecular complexity index is 1520. The molecule has 0 aromatic heterocycles. The molecule has 0 spiro atoms. The van der Waals surface area contributed by atoms with Gasteiger partial charge in [0.1, 0.15) is 5.75 Å². The molecule has 38 heavy (non-hydrogen) atoms. The number of benzene rings is 3. The molecule has 190 valence electrons. The summed E-state index contributed by atoms with van der Waals surface area (Å²) in [7, 11) is 1.47. The molecule has 0 bridgehead atoms. The third kappa shape index (κ3) is 4.39. The second-order valence-electron chi connectivity index (χ2n) is 8.70. The molecule has 0 aliphatic carbocycles. The number of methoxy groups -OCH3 is 1. The molecule has 3 aliphatic rings. The number of hydrogen-bond donors (Lipinski definition) is 1. The molecule has 0 radical (unpaired) electrons. The molecule has 10 heteroatoms. The topological polar surface area (TPSA) is 107 Å². The minimum atomic E-state index is -0.803. The Labute approximate surface area is 222 Å². The first-order chi connectivity index (χ1) is 18.5. The third-order valence-electron chi connectivity index (χ3n) is 6.38. The summed E-state index contributed by atoms with van der Waals surface area (Å²) in [4.78, 5) is 35.5. The SMILES string of the molecule is COc1cc([C@H]2Oc3ccccc3[C@@H]3CC(c4ccccc4)=NN23)ccc1OC(=O)/C=C1\SC(=O)NC1=O. The summed E-state index contributed by atoms with van der Waals surface area (Å²) in [6.07, 6.45) is 1.17. The van der Waals surface area contributed by atoms with Crippen LogP contribution in [0.4, 0.5) is 4.79 Å². The molecule has 1 N–H and O–H groups in total. The number of nitrogens with one attached hydrogen (secondary N) is 1. The molecule has 2 atom stereocenters. The van der Waals surface area contributed by atoms with Crippen molar-refractivity contribution in [2.24, 2.45) is 5.10 Å². The fraction of sp³-hybridized carbons (Fsp3) is 0.143. The van der Waals surface area contributed by atoms with Crippen LogP contribution >= 0.6 is 11.8 Å². The average molecular weight is 528 g/mol. The quantitative estimate of drug-likeness (QED) is 0.289. The molecule has 1 saturated heterocycles. The zero-order valence-corrected chi connectivity index (χ0v) is 20.9. The highest BCUT2D eigenvalue weighted by Gasteiger charge is 2.41. The van der Waals surface area contributed by atoms with E-state index >= 15 is 0 Å². The first-order valence-corrected chi connectivity index (χ1v) is 12.6. The van der Waals surface area contributed by atoms with Gasteiger partial charge in [-0.3, -0.25) is 14.9 Å². The summed E-state index contributed by atoms with van der Waals surface area (Å²) in [5.74, 6) is -0.186. The number of fused-ring (bicyclic) bond motifs is 3. The third-order valence-corrected chi connectivity index (χ3v) is 7.19. The predicted molar refractivity (Wildman–Crippen MR) is 140 cm³/mol. The normalized spacial score (nSPS) is 20.8. The summed E-state index contributed by atoms with van der Waals surface area (Å²) in [5, 5.41) is 8.48. The van der Waals surface area contributed by atoms with Crippen LogP contribution in [0.5, 0.6) is 17.2 Å². The van der Waals surface area contributed by atoms with Crippen LogP contribution in [0.2, 0.25) is 0 Å². The number of thioether (sulfide) groups is 1. The van der Waals surface area contributed by atoms with Crippen LogP contribution in [0.15, 0.2) is 88.9 Å². The Morgan fingerprint density at radius 3 is 2.63 bits per heavy atom. The highest BCUT2D eigenvalue weighted by molar-refractivity contribution is 8.18. The molecule has 0 unspecified atom stereocenters. The minimum Gasteiger partial charge on any atom is -0.493 e. The molecule has 6 rings (SSSR count). The number of rotatable bonds is 5.